The van der Waals surface area contributed by atoms with Gasteiger partial charge < -0.3 is 9.42 Å². The predicted molar refractivity (Wildman–Crippen MR) is 117 cm³/mol. The van der Waals surface area contributed by atoms with E-state index in [0.29, 0.717) is 9.61 Å². The van der Waals surface area contributed by atoms with E-state index in [1.807, 2.05) is 0 Å². The fourth-order valence-corrected chi connectivity index (χ4v) is 7.41. The van der Waals surface area contributed by atoms with E-state index in [4.69, 9.17) is 4.52 Å². The molecule has 0 spiro atoms. The molecular weight excluding hydrogens is 533 g/mol. The lowest BCUT2D eigenvalue weighted by Crippen LogP contribution is -2.54. The first-order valence-electron chi connectivity index (χ1n) is 9.51. The molecule has 1 atom stereocenters. The normalized spacial score (nSPS) is 18.3. The molecule has 0 N–H and O–H groups in total. The Morgan fingerprint density at radius 3 is 2.53 bits per heavy atom. The van der Waals surface area contributed by atoms with Crippen molar-refractivity contribution in [3.05, 3.63) is 45.5 Å². The topological polar surface area (TPSA) is 79.5 Å². The van der Waals surface area contributed by atoms with Crippen molar-refractivity contribution >= 4 is 43.0 Å². The molecule has 0 radical (unpaired) electrons. The van der Waals surface area contributed by atoms with Crippen molar-refractivity contribution in [2.75, 3.05) is 24.5 Å². The maximum Gasteiger partial charge on any atom is 0.418 e. The van der Waals surface area contributed by atoms with Gasteiger partial charge in [0.05, 0.1) is 9.35 Å². The summed E-state index contributed by atoms with van der Waals surface area (Å²) in [7, 11) is -3.73. The number of hydrogen-bond donors (Lipinski definition) is 0. The van der Waals surface area contributed by atoms with Crippen molar-refractivity contribution in [2.45, 2.75) is 30.3 Å². The number of anilines is 1. The second-order valence-corrected chi connectivity index (χ2v) is 11.9. The number of nitrogens with zero attached hydrogens (tertiary/aromatic N) is 4. The van der Waals surface area contributed by atoms with E-state index in [1.165, 1.54) is 22.5 Å². The molecule has 1 fully saturated rings. The molecule has 3 aromatic rings. The average molecular weight is 551 g/mol. The molecule has 172 valence electrons. The summed E-state index contributed by atoms with van der Waals surface area (Å²) in [5.41, 5.74) is -0.684. The summed E-state index contributed by atoms with van der Waals surface area (Å²) in [6.45, 7) is 3.58. The largest absolute Gasteiger partial charge is 0.418 e. The van der Waals surface area contributed by atoms with Crippen molar-refractivity contribution in [1.29, 1.82) is 0 Å². The highest BCUT2D eigenvalue weighted by molar-refractivity contribution is 9.11. The number of hydrogen-bond acceptors (Lipinski definition) is 7. The zero-order chi connectivity index (χ0) is 23.3. The molecular formula is C19H18BrF3N4O3S2. The monoisotopic (exact) mass is 550 g/mol. The van der Waals surface area contributed by atoms with Gasteiger partial charge in [0.15, 0.2) is 5.82 Å². The average Bonchev–Trinajstić information content (AvgIpc) is 3.35. The molecule has 1 aliphatic rings. The van der Waals surface area contributed by atoms with Crippen LogP contribution in [0.1, 0.15) is 18.3 Å². The number of aryl methyl sites for hydroxylation is 1. The summed E-state index contributed by atoms with van der Waals surface area (Å²) >= 11 is 4.36. The smallest absolute Gasteiger partial charge is 0.368 e. The van der Waals surface area contributed by atoms with Crippen LogP contribution < -0.4 is 4.90 Å². The van der Waals surface area contributed by atoms with Gasteiger partial charge in [-0.3, -0.25) is 0 Å². The molecule has 2 aromatic heterocycles. The molecule has 3 heterocycles. The van der Waals surface area contributed by atoms with Crippen LogP contribution in [0.3, 0.4) is 0 Å². The molecule has 1 aliphatic heterocycles. The van der Waals surface area contributed by atoms with E-state index in [0.717, 1.165) is 17.4 Å². The highest BCUT2D eigenvalue weighted by atomic mass is 79.9. The van der Waals surface area contributed by atoms with E-state index in [1.54, 1.807) is 24.8 Å². The Morgan fingerprint density at radius 1 is 1.22 bits per heavy atom. The zero-order valence-corrected chi connectivity index (χ0v) is 20.1. The molecule has 1 aromatic carbocycles. The molecule has 7 nitrogen and oxygen atoms in total. The van der Waals surface area contributed by atoms with Gasteiger partial charge in [0.25, 0.3) is 15.9 Å². The summed E-state index contributed by atoms with van der Waals surface area (Å²) in [6.07, 6.45) is -4.61. The highest BCUT2D eigenvalue weighted by Gasteiger charge is 2.39. The first kappa shape index (κ1) is 23.2. The molecule has 0 saturated carbocycles. The van der Waals surface area contributed by atoms with Crippen molar-refractivity contribution in [3.63, 3.8) is 0 Å². The standard InChI is InChI=1S/C19H18BrF3N4O3S2/c1-11-10-26(7-8-27(11)32(28,29)17-6-5-16(20)31-17)15-4-3-13(9-14(15)19(21,22)23)18-24-12(2)25-30-18/h3-6,9,11H,7-8,10H2,1-2H3/t11-/m1/s1. The third-order valence-corrected chi connectivity index (χ3v) is 9.20. The highest BCUT2D eigenvalue weighted by Crippen LogP contribution is 2.40. The molecule has 13 heteroatoms. The lowest BCUT2D eigenvalue weighted by atomic mass is 10.1. The van der Waals surface area contributed by atoms with Gasteiger partial charge in [-0.1, -0.05) is 5.16 Å². The fourth-order valence-electron chi connectivity index (χ4n) is 3.65. The van der Waals surface area contributed by atoms with Crippen LogP contribution >= 0.6 is 27.3 Å². The van der Waals surface area contributed by atoms with Gasteiger partial charge in [-0.25, -0.2) is 8.42 Å². The van der Waals surface area contributed by atoms with Gasteiger partial charge in [0, 0.05) is 36.9 Å². The van der Waals surface area contributed by atoms with Crippen LogP contribution in [0.15, 0.2) is 42.9 Å². The minimum Gasteiger partial charge on any atom is -0.368 e. The van der Waals surface area contributed by atoms with Gasteiger partial charge in [-0.2, -0.15) is 22.5 Å². The van der Waals surface area contributed by atoms with E-state index in [-0.39, 0.29) is 41.0 Å². The number of thiophene rings is 1. The lowest BCUT2D eigenvalue weighted by molar-refractivity contribution is -0.137. The molecule has 1 saturated heterocycles. The summed E-state index contributed by atoms with van der Waals surface area (Å²) in [6, 6.07) is 6.50. The number of piperazine rings is 1. The van der Waals surface area contributed by atoms with Gasteiger partial charge in [0.1, 0.15) is 4.21 Å². The lowest BCUT2D eigenvalue weighted by Gasteiger charge is -2.40. The Morgan fingerprint density at radius 2 is 1.97 bits per heavy atom. The summed E-state index contributed by atoms with van der Waals surface area (Å²) in [5.74, 6) is 0.326. The van der Waals surface area contributed by atoms with E-state index >= 15 is 0 Å². The molecule has 32 heavy (non-hydrogen) atoms. The van der Waals surface area contributed by atoms with Crippen LogP contribution in [-0.2, 0) is 16.2 Å². The molecule has 0 aliphatic carbocycles. The maximum atomic E-state index is 13.9. The van der Waals surface area contributed by atoms with Crippen molar-refractivity contribution in [2.24, 2.45) is 0 Å². The Bertz CT molecular complexity index is 1240. The second kappa shape index (κ2) is 8.43. The van der Waals surface area contributed by atoms with Crippen molar-refractivity contribution in [3.8, 4) is 11.5 Å². The number of halogens is 4. The maximum absolute atomic E-state index is 13.9. The van der Waals surface area contributed by atoms with Crippen LogP contribution in [-0.4, -0.2) is 48.5 Å². The minimum atomic E-state index is -4.61. The zero-order valence-electron chi connectivity index (χ0n) is 16.9. The van der Waals surface area contributed by atoms with Gasteiger partial charge in [-0.15, -0.1) is 11.3 Å². The van der Waals surface area contributed by atoms with Crippen LogP contribution in [0.2, 0.25) is 0 Å². The Hall–Kier alpha value is -1.96. The number of alkyl halides is 3. The van der Waals surface area contributed by atoms with Crippen molar-refractivity contribution < 1.29 is 26.1 Å². The van der Waals surface area contributed by atoms with E-state index in [2.05, 4.69) is 26.1 Å². The number of rotatable bonds is 4. The summed E-state index contributed by atoms with van der Waals surface area (Å²) in [4.78, 5) is 5.55. The predicted octanol–water partition coefficient (Wildman–Crippen LogP) is 4.79. The quantitative estimate of drug-likeness (QED) is 0.464. The van der Waals surface area contributed by atoms with Crippen LogP contribution in [0.5, 0.6) is 0 Å². The number of aromatic nitrogens is 2. The van der Waals surface area contributed by atoms with Crippen LogP contribution in [0, 0.1) is 6.92 Å². The third-order valence-electron chi connectivity index (χ3n) is 5.10. The number of sulfonamides is 1. The molecule has 0 amide bonds. The number of benzene rings is 1. The summed E-state index contributed by atoms with van der Waals surface area (Å²) < 4.78 is 74.8. The Kier molecular flexibility index (Phi) is 6.11. The fraction of sp³-hybridized carbons (Fsp3) is 0.368. The Labute approximate surface area is 195 Å². The molecule has 0 bridgehead atoms. The van der Waals surface area contributed by atoms with Gasteiger partial charge in [0.2, 0.25) is 0 Å². The van der Waals surface area contributed by atoms with Crippen LogP contribution in [0.25, 0.3) is 11.5 Å². The second-order valence-electron chi connectivity index (χ2n) is 7.35. The Balaban J connectivity index is 1.62. The third kappa shape index (κ3) is 4.43. The summed E-state index contributed by atoms with van der Waals surface area (Å²) in [5, 5.41) is 3.62. The first-order valence-corrected chi connectivity index (χ1v) is 12.6. The van der Waals surface area contributed by atoms with E-state index < -0.39 is 27.8 Å². The van der Waals surface area contributed by atoms with Gasteiger partial charge >= 0.3 is 6.18 Å². The van der Waals surface area contributed by atoms with Gasteiger partial charge in [-0.05, 0) is 60.1 Å². The van der Waals surface area contributed by atoms with Crippen molar-refractivity contribution in [1.82, 2.24) is 14.4 Å². The minimum absolute atomic E-state index is 0.00550. The molecule has 4 rings (SSSR count). The first-order chi connectivity index (χ1) is 15.0. The molecule has 0 unspecified atom stereocenters. The van der Waals surface area contributed by atoms with Crippen LogP contribution in [0.4, 0.5) is 18.9 Å². The SMILES string of the molecule is Cc1noc(-c2ccc(N3CCN(S(=O)(=O)c4ccc(Br)s4)[C@H](C)C3)c(C(F)(F)F)c2)n1. The van der Waals surface area contributed by atoms with E-state index in [9.17, 15) is 21.6 Å².